The fourth-order valence-corrected chi connectivity index (χ4v) is 4.31. The minimum Gasteiger partial charge on any atom is -0.382 e. The lowest BCUT2D eigenvalue weighted by Gasteiger charge is -2.38. The van der Waals surface area contributed by atoms with Crippen molar-refractivity contribution in [2.75, 3.05) is 11.9 Å². The number of para-hydroxylation sites is 2. The molecule has 0 bridgehead atoms. The molecule has 110 valence electrons. The number of benzene rings is 2. The van der Waals surface area contributed by atoms with E-state index >= 15 is 0 Å². The van der Waals surface area contributed by atoms with Crippen LogP contribution in [0.3, 0.4) is 0 Å². The molecule has 0 saturated heterocycles. The van der Waals surface area contributed by atoms with Crippen LogP contribution in [-0.2, 0) is 12.0 Å². The predicted molar refractivity (Wildman–Crippen MR) is 90.3 cm³/mol. The monoisotopic (exact) mass is 289 g/mol. The second-order valence-corrected chi connectivity index (χ2v) is 6.58. The molecule has 3 N–H and O–H groups in total. The topological polar surface area (TPSA) is 39.9 Å². The van der Waals surface area contributed by atoms with E-state index in [0.717, 1.165) is 13.0 Å². The Balaban J connectivity index is 1.84. The summed E-state index contributed by atoms with van der Waals surface area (Å²) in [7, 11) is 0. The molecule has 2 aliphatic heterocycles. The van der Waals surface area contributed by atoms with E-state index < -0.39 is 0 Å². The van der Waals surface area contributed by atoms with Gasteiger partial charge in [-0.2, -0.15) is 0 Å². The Morgan fingerprint density at radius 3 is 2.82 bits per heavy atom. The minimum atomic E-state index is -0.136. The molecule has 3 aromatic rings. The zero-order chi connectivity index (χ0) is 14.7. The first-order valence-electron chi connectivity index (χ1n) is 7.99. The number of aromatic amines is 1. The first kappa shape index (κ1) is 12.3. The molecule has 0 aliphatic carbocycles. The first-order chi connectivity index (χ1) is 10.8. The number of rotatable bonds is 0. The molecule has 2 aliphatic rings. The molecular weight excluding hydrogens is 270 g/mol. The zero-order valence-corrected chi connectivity index (χ0v) is 12.6. The summed E-state index contributed by atoms with van der Waals surface area (Å²) in [5.41, 5.74) is 6.52. The molecule has 0 unspecified atom stereocenters. The summed E-state index contributed by atoms with van der Waals surface area (Å²) in [5.74, 6) is 0. The number of anilines is 1. The van der Waals surface area contributed by atoms with Gasteiger partial charge < -0.3 is 10.3 Å². The molecule has 0 fully saturated rings. The van der Waals surface area contributed by atoms with Crippen LogP contribution < -0.4 is 10.6 Å². The molecule has 1 spiro atoms. The first-order valence-corrected chi connectivity index (χ1v) is 7.99. The number of hydrogen-bond acceptors (Lipinski definition) is 2. The highest BCUT2D eigenvalue weighted by Crippen LogP contribution is 2.45. The van der Waals surface area contributed by atoms with Crippen LogP contribution in [0, 0.1) is 0 Å². The Bertz CT molecular complexity index is 879. The van der Waals surface area contributed by atoms with Crippen molar-refractivity contribution in [2.45, 2.75) is 24.9 Å². The van der Waals surface area contributed by atoms with Crippen LogP contribution in [0.25, 0.3) is 10.9 Å². The molecule has 0 saturated carbocycles. The van der Waals surface area contributed by atoms with E-state index in [2.05, 4.69) is 71.1 Å². The van der Waals surface area contributed by atoms with E-state index in [0.29, 0.717) is 6.04 Å². The molecule has 3 heteroatoms. The van der Waals surface area contributed by atoms with Crippen molar-refractivity contribution in [2.24, 2.45) is 0 Å². The lowest BCUT2D eigenvalue weighted by Crippen LogP contribution is -2.53. The van der Waals surface area contributed by atoms with Gasteiger partial charge in [0.15, 0.2) is 0 Å². The van der Waals surface area contributed by atoms with Gasteiger partial charge >= 0.3 is 0 Å². The van der Waals surface area contributed by atoms with Crippen LogP contribution in [0.5, 0.6) is 0 Å². The Labute approximate surface area is 129 Å². The van der Waals surface area contributed by atoms with E-state index in [9.17, 15) is 0 Å². The third-order valence-electron chi connectivity index (χ3n) is 5.17. The van der Waals surface area contributed by atoms with Crippen LogP contribution in [0.1, 0.15) is 23.7 Å². The lowest BCUT2D eigenvalue weighted by atomic mass is 9.80. The van der Waals surface area contributed by atoms with E-state index in [1.54, 1.807) is 0 Å². The van der Waals surface area contributed by atoms with Crippen molar-refractivity contribution in [1.29, 1.82) is 0 Å². The van der Waals surface area contributed by atoms with E-state index in [1.165, 1.54) is 33.4 Å². The average Bonchev–Trinajstić information content (AvgIpc) is 3.08. The quantitative estimate of drug-likeness (QED) is 0.594. The lowest BCUT2D eigenvalue weighted by molar-refractivity contribution is 0.345. The second kappa shape index (κ2) is 4.14. The maximum Gasteiger partial charge on any atom is 0.104 e. The van der Waals surface area contributed by atoms with Gasteiger partial charge in [-0.1, -0.05) is 36.4 Å². The van der Waals surface area contributed by atoms with Gasteiger partial charge in [-0.25, -0.2) is 0 Å². The number of aromatic nitrogens is 1. The summed E-state index contributed by atoms with van der Waals surface area (Å²) in [6.45, 7) is 3.18. The number of hydrogen-bond donors (Lipinski definition) is 3. The molecule has 1 aromatic heterocycles. The van der Waals surface area contributed by atoms with Gasteiger partial charge in [-0.05, 0) is 31.0 Å². The van der Waals surface area contributed by atoms with E-state index in [4.69, 9.17) is 0 Å². The number of fused-ring (bicyclic) bond motifs is 6. The Kier molecular flexibility index (Phi) is 2.32. The normalized spacial score (nSPS) is 26.0. The maximum absolute atomic E-state index is 3.87. The molecule has 2 aromatic carbocycles. The molecule has 2 atom stereocenters. The summed E-state index contributed by atoms with van der Waals surface area (Å²) < 4.78 is 0. The Morgan fingerprint density at radius 2 is 1.86 bits per heavy atom. The number of H-pyrrole nitrogens is 1. The van der Waals surface area contributed by atoms with Crippen molar-refractivity contribution in [3.8, 4) is 0 Å². The van der Waals surface area contributed by atoms with Gasteiger partial charge in [0, 0.05) is 40.4 Å². The van der Waals surface area contributed by atoms with Gasteiger partial charge in [0.1, 0.15) is 5.54 Å². The average molecular weight is 289 g/mol. The summed E-state index contributed by atoms with van der Waals surface area (Å²) >= 11 is 0. The fourth-order valence-electron chi connectivity index (χ4n) is 4.31. The highest BCUT2D eigenvalue weighted by atomic mass is 15.1. The summed E-state index contributed by atoms with van der Waals surface area (Å²) in [6.07, 6.45) is 1.07. The van der Waals surface area contributed by atoms with E-state index in [1.807, 2.05) is 0 Å². The largest absolute Gasteiger partial charge is 0.382 e. The van der Waals surface area contributed by atoms with Crippen molar-refractivity contribution in [3.05, 3.63) is 65.4 Å². The Hall–Kier alpha value is -2.26. The molecule has 3 nitrogen and oxygen atoms in total. The highest BCUT2D eigenvalue weighted by Gasteiger charge is 2.46. The van der Waals surface area contributed by atoms with E-state index in [-0.39, 0.29) is 5.54 Å². The summed E-state index contributed by atoms with van der Waals surface area (Å²) in [5, 5.41) is 8.83. The van der Waals surface area contributed by atoms with Crippen LogP contribution in [0.15, 0.2) is 48.5 Å². The highest BCUT2D eigenvalue weighted by molar-refractivity contribution is 5.86. The van der Waals surface area contributed by atoms with Crippen LogP contribution >= 0.6 is 0 Å². The minimum absolute atomic E-state index is 0.136. The van der Waals surface area contributed by atoms with Crippen LogP contribution in [-0.4, -0.2) is 17.6 Å². The predicted octanol–water partition coefficient (Wildman–Crippen LogP) is 3.37. The van der Waals surface area contributed by atoms with Crippen LogP contribution in [0.2, 0.25) is 0 Å². The smallest absolute Gasteiger partial charge is 0.104 e. The third-order valence-corrected chi connectivity index (χ3v) is 5.17. The second-order valence-electron chi connectivity index (χ2n) is 6.58. The standard InChI is InChI=1S/C19H19N3/c1-12-10-14-13-6-2-4-8-16(13)21-18(14)19(22-12)11-20-17-9-5-3-7-15(17)19/h2-9,12,20-22H,10-11H2,1H3/t12-,19+/m1/s1. The van der Waals surface area contributed by atoms with Gasteiger partial charge in [0.05, 0.1) is 0 Å². The molecule has 0 amide bonds. The maximum atomic E-state index is 3.87. The van der Waals surface area contributed by atoms with Gasteiger partial charge in [0.25, 0.3) is 0 Å². The molecule has 5 rings (SSSR count). The van der Waals surface area contributed by atoms with Crippen molar-refractivity contribution in [1.82, 2.24) is 10.3 Å². The molecule has 3 heterocycles. The van der Waals surface area contributed by atoms with Crippen molar-refractivity contribution in [3.63, 3.8) is 0 Å². The summed E-state index contributed by atoms with van der Waals surface area (Å²) in [4.78, 5) is 3.71. The Morgan fingerprint density at radius 1 is 1.05 bits per heavy atom. The number of nitrogens with one attached hydrogen (secondary N) is 3. The molecular formula is C19H19N3. The summed E-state index contributed by atoms with van der Waals surface area (Å²) in [6, 6.07) is 17.8. The fraction of sp³-hybridized carbons (Fsp3) is 0.263. The molecule has 22 heavy (non-hydrogen) atoms. The molecule has 0 radical (unpaired) electrons. The van der Waals surface area contributed by atoms with Crippen molar-refractivity contribution < 1.29 is 0 Å². The van der Waals surface area contributed by atoms with Gasteiger partial charge in [-0.3, -0.25) is 5.32 Å². The van der Waals surface area contributed by atoms with Gasteiger partial charge in [0.2, 0.25) is 0 Å². The van der Waals surface area contributed by atoms with Crippen LogP contribution in [0.4, 0.5) is 5.69 Å². The van der Waals surface area contributed by atoms with Crippen molar-refractivity contribution >= 4 is 16.6 Å². The zero-order valence-electron chi connectivity index (χ0n) is 12.6. The SMILES string of the molecule is C[C@@H]1Cc2c([nH]c3ccccc23)[C@@]2(CNc3ccccc32)N1. The third kappa shape index (κ3) is 1.44. The van der Waals surface area contributed by atoms with Gasteiger partial charge in [-0.15, -0.1) is 0 Å².